The first-order chi connectivity index (χ1) is 6.93. The van der Waals surface area contributed by atoms with Crippen molar-refractivity contribution in [2.75, 3.05) is 6.61 Å². The average molecular weight is 219 g/mol. The van der Waals surface area contributed by atoms with Crippen LogP contribution in [0.2, 0.25) is 0 Å². The van der Waals surface area contributed by atoms with Crippen molar-refractivity contribution in [3.63, 3.8) is 0 Å². The lowest BCUT2D eigenvalue weighted by molar-refractivity contribution is -0.139. The summed E-state index contributed by atoms with van der Waals surface area (Å²) in [5.41, 5.74) is 11.9. The molecule has 0 aliphatic heterocycles. The molecule has 0 aliphatic carbocycles. The highest BCUT2D eigenvalue weighted by Gasteiger charge is 2.14. The lowest BCUT2D eigenvalue weighted by Gasteiger charge is -2.09. The van der Waals surface area contributed by atoms with Gasteiger partial charge in [0.25, 0.3) is 5.91 Å². The molecule has 86 valence electrons. The number of rotatable bonds is 7. The van der Waals surface area contributed by atoms with Gasteiger partial charge < -0.3 is 16.6 Å². The number of carboxylic acid groups (broad SMARTS) is 1. The predicted octanol–water partition coefficient (Wildman–Crippen LogP) is -2.29. The van der Waals surface area contributed by atoms with Gasteiger partial charge in [-0.1, -0.05) is 0 Å². The van der Waals surface area contributed by atoms with Crippen molar-refractivity contribution in [3.8, 4) is 0 Å². The molecular weight excluding hydrogens is 206 g/mol. The molecule has 0 aromatic rings. The van der Waals surface area contributed by atoms with Gasteiger partial charge in [0.1, 0.15) is 0 Å². The van der Waals surface area contributed by atoms with Crippen LogP contribution in [0.3, 0.4) is 0 Å². The normalized spacial score (nSPS) is 11.8. The quantitative estimate of drug-likeness (QED) is 0.355. The van der Waals surface area contributed by atoms with Crippen molar-refractivity contribution in [1.29, 1.82) is 0 Å². The molecule has 0 bridgehead atoms. The Kier molecular flexibility index (Phi) is 5.99. The van der Waals surface area contributed by atoms with Crippen molar-refractivity contribution < 1.29 is 24.3 Å². The Bertz CT molecular complexity index is 255. The highest BCUT2D eigenvalue weighted by molar-refractivity contribution is 5.81. The van der Waals surface area contributed by atoms with Gasteiger partial charge in [0.15, 0.2) is 6.61 Å². The number of carbonyl (C=O) groups excluding carboxylic acids is 2. The summed E-state index contributed by atoms with van der Waals surface area (Å²) < 4.78 is 0. The Morgan fingerprint density at radius 2 is 2.00 bits per heavy atom. The summed E-state index contributed by atoms with van der Waals surface area (Å²) in [7, 11) is 0. The number of carbonyl (C=O) groups is 3. The van der Waals surface area contributed by atoms with Crippen LogP contribution in [0.5, 0.6) is 0 Å². The molecule has 0 fully saturated rings. The maximum Gasteiger partial charge on any atom is 0.303 e. The summed E-state index contributed by atoms with van der Waals surface area (Å²) in [5, 5.41) is 8.31. The minimum atomic E-state index is -1.05. The zero-order chi connectivity index (χ0) is 11.8. The van der Waals surface area contributed by atoms with Gasteiger partial charge in [0, 0.05) is 6.42 Å². The molecule has 0 aliphatic rings. The van der Waals surface area contributed by atoms with E-state index in [4.69, 9.17) is 16.6 Å². The molecule has 0 heterocycles. The van der Waals surface area contributed by atoms with E-state index >= 15 is 0 Å². The molecule has 0 saturated heterocycles. The molecule has 8 nitrogen and oxygen atoms in total. The minimum absolute atomic E-state index is 0.0128. The molecular formula is C7H13N3O5. The number of hydroxylamine groups is 1. The maximum absolute atomic E-state index is 11.0. The van der Waals surface area contributed by atoms with Gasteiger partial charge in [-0.15, -0.1) is 0 Å². The number of aliphatic carboxylic acids is 1. The van der Waals surface area contributed by atoms with E-state index in [0.29, 0.717) is 0 Å². The van der Waals surface area contributed by atoms with Crippen LogP contribution in [-0.2, 0) is 19.2 Å². The molecule has 0 aromatic carbocycles. The second-order valence-corrected chi connectivity index (χ2v) is 2.76. The molecule has 6 N–H and O–H groups in total. The van der Waals surface area contributed by atoms with Gasteiger partial charge in [-0.05, 0) is 6.42 Å². The molecule has 8 heteroatoms. The molecule has 2 amide bonds. The molecule has 0 aromatic heterocycles. The van der Waals surface area contributed by atoms with Gasteiger partial charge >= 0.3 is 5.97 Å². The van der Waals surface area contributed by atoms with Gasteiger partial charge in [0.2, 0.25) is 5.91 Å². The van der Waals surface area contributed by atoms with E-state index < -0.39 is 30.4 Å². The predicted molar refractivity (Wildman–Crippen MR) is 48.1 cm³/mol. The Morgan fingerprint density at radius 3 is 2.47 bits per heavy atom. The van der Waals surface area contributed by atoms with E-state index in [1.807, 2.05) is 5.48 Å². The SMILES string of the molecule is NC(=O)CONC(=O)C(N)CCC(=O)O. The van der Waals surface area contributed by atoms with Crippen LogP contribution in [-0.4, -0.2) is 35.5 Å². The minimum Gasteiger partial charge on any atom is -0.481 e. The first kappa shape index (κ1) is 13.3. The van der Waals surface area contributed by atoms with E-state index in [-0.39, 0.29) is 12.8 Å². The molecule has 0 spiro atoms. The van der Waals surface area contributed by atoms with Crippen molar-refractivity contribution in [2.24, 2.45) is 11.5 Å². The third kappa shape index (κ3) is 7.40. The topological polar surface area (TPSA) is 145 Å². The van der Waals surface area contributed by atoms with E-state index in [1.54, 1.807) is 0 Å². The van der Waals surface area contributed by atoms with Crippen LogP contribution in [0.4, 0.5) is 0 Å². The molecule has 0 rings (SSSR count). The van der Waals surface area contributed by atoms with Crippen molar-refractivity contribution in [3.05, 3.63) is 0 Å². The van der Waals surface area contributed by atoms with E-state index in [1.165, 1.54) is 0 Å². The fourth-order valence-electron chi connectivity index (χ4n) is 0.664. The molecule has 15 heavy (non-hydrogen) atoms. The number of nitrogens with one attached hydrogen (secondary N) is 1. The largest absolute Gasteiger partial charge is 0.481 e. The van der Waals surface area contributed by atoms with Crippen LogP contribution in [0.15, 0.2) is 0 Å². The highest BCUT2D eigenvalue weighted by atomic mass is 16.7. The van der Waals surface area contributed by atoms with Crippen LogP contribution in [0.25, 0.3) is 0 Å². The molecule has 1 atom stereocenters. The van der Waals surface area contributed by atoms with E-state index in [0.717, 1.165) is 0 Å². The number of nitrogens with two attached hydrogens (primary N) is 2. The monoisotopic (exact) mass is 219 g/mol. The number of carboxylic acids is 1. The number of hydrogen-bond acceptors (Lipinski definition) is 5. The first-order valence-corrected chi connectivity index (χ1v) is 4.10. The van der Waals surface area contributed by atoms with Crippen LogP contribution < -0.4 is 16.9 Å². The zero-order valence-electron chi connectivity index (χ0n) is 7.93. The molecule has 1 unspecified atom stereocenters. The summed E-state index contributed by atoms with van der Waals surface area (Å²) >= 11 is 0. The van der Waals surface area contributed by atoms with Crippen LogP contribution in [0.1, 0.15) is 12.8 Å². The summed E-state index contributed by atoms with van der Waals surface area (Å²) in [5.74, 6) is -2.48. The van der Waals surface area contributed by atoms with Gasteiger partial charge in [-0.2, -0.15) is 0 Å². The fraction of sp³-hybridized carbons (Fsp3) is 0.571. The third-order valence-electron chi connectivity index (χ3n) is 1.39. The van der Waals surface area contributed by atoms with Crippen molar-refractivity contribution in [1.82, 2.24) is 5.48 Å². The Hall–Kier alpha value is -1.67. The second kappa shape index (κ2) is 6.74. The first-order valence-electron chi connectivity index (χ1n) is 4.10. The van der Waals surface area contributed by atoms with Crippen molar-refractivity contribution in [2.45, 2.75) is 18.9 Å². The fourth-order valence-corrected chi connectivity index (χ4v) is 0.664. The number of amides is 2. The summed E-state index contributed by atoms with van der Waals surface area (Å²) in [6.07, 6.45) is -0.231. The summed E-state index contributed by atoms with van der Waals surface area (Å²) in [6, 6.07) is -0.992. The lowest BCUT2D eigenvalue weighted by atomic mass is 10.1. The summed E-state index contributed by atoms with van der Waals surface area (Å²) in [6.45, 7) is -0.461. The lowest BCUT2D eigenvalue weighted by Crippen LogP contribution is -2.41. The van der Waals surface area contributed by atoms with Crippen LogP contribution >= 0.6 is 0 Å². The van der Waals surface area contributed by atoms with Crippen LogP contribution in [0, 0.1) is 0 Å². The van der Waals surface area contributed by atoms with Gasteiger partial charge in [-0.25, -0.2) is 5.48 Å². The zero-order valence-corrected chi connectivity index (χ0v) is 7.93. The summed E-state index contributed by atoms with van der Waals surface area (Å²) in [4.78, 5) is 35.8. The maximum atomic E-state index is 11.0. The molecule has 0 radical (unpaired) electrons. The number of hydrogen-bond donors (Lipinski definition) is 4. The van der Waals surface area contributed by atoms with Crippen molar-refractivity contribution >= 4 is 17.8 Å². The third-order valence-corrected chi connectivity index (χ3v) is 1.39. The van der Waals surface area contributed by atoms with Gasteiger partial charge in [-0.3, -0.25) is 19.2 Å². The van der Waals surface area contributed by atoms with E-state index in [2.05, 4.69) is 4.84 Å². The Balaban J connectivity index is 3.69. The average Bonchev–Trinajstić information content (AvgIpc) is 2.13. The standard InChI is InChI=1S/C7H13N3O5/c8-4(1-2-6(12)13)7(14)10-15-3-5(9)11/h4H,1-3,8H2,(H2,9,11)(H,10,14)(H,12,13). The van der Waals surface area contributed by atoms with E-state index in [9.17, 15) is 14.4 Å². The smallest absolute Gasteiger partial charge is 0.303 e. The Morgan fingerprint density at radius 1 is 1.40 bits per heavy atom. The highest BCUT2D eigenvalue weighted by Crippen LogP contribution is 1.94. The second-order valence-electron chi connectivity index (χ2n) is 2.76. The number of primary amides is 1. The Labute approximate surface area is 85.5 Å². The molecule has 0 saturated carbocycles. The van der Waals surface area contributed by atoms with Gasteiger partial charge in [0.05, 0.1) is 6.04 Å².